The van der Waals surface area contributed by atoms with Gasteiger partial charge in [-0.15, -0.1) is 0 Å². The summed E-state index contributed by atoms with van der Waals surface area (Å²) in [6.45, 7) is 11.9. The number of likely N-dealkylation sites (N-methyl/N-ethyl adjacent to an activating group) is 2. The van der Waals surface area contributed by atoms with Crippen LogP contribution in [0.15, 0.2) is 24.3 Å². The number of hydrogen-bond donors (Lipinski definition) is 1. The highest BCUT2D eigenvalue weighted by atomic mass is 15.1. The van der Waals surface area contributed by atoms with Crippen LogP contribution in [0.5, 0.6) is 0 Å². The maximum atomic E-state index is 3.51. The van der Waals surface area contributed by atoms with E-state index in [1.807, 2.05) is 0 Å². The zero-order valence-electron chi connectivity index (χ0n) is 11.9. The fraction of sp³-hybridized carbons (Fsp3) is 0.600. The summed E-state index contributed by atoms with van der Waals surface area (Å²) in [4.78, 5) is 2.38. The average Bonchev–Trinajstić information content (AvgIpc) is 2.20. The lowest BCUT2D eigenvalue weighted by Gasteiger charge is -2.31. The predicted octanol–water partition coefficient (Wildman–Crippen LogP) is 2.81. The summed E-state index contributed by atoms with van der Waals surface area (Å²) in [5, 5.41) is 3.51. The zero-order chi connectivity index (χ0) is 12.9. The number of nitrogens with one attached hydrogen (secondary N) is 1. The van der Waals surface area contributed by atoms with Crippen LogP contribution in [-0.2, 0) is 6.54 Å². The molecule has 0 aliphatic carbocycles. The Bertz CT molecular complexity index is 345. The van der Waals surface area contributed by atoms with E-state index in [1.54, 1.807) is 0 Å². The van der Waals surface area contributed by atoms with Crippen molar-refractivity contribution in [3.63, 3.8) is 0 Å². The molecule has 96 valence electrons. The van der Waals surface area contributed by atoms with E-state index in [2.05, 4.69) is 69.2 Å². The Labute approximate surface area is 106 Å². The summed E-state index contributed by atoms with van der Waals surface area (Å²) in [5.74, 6) is 0. The quantitative estimate of drug-likeness (QED) is 0.814. The first kappa shape index (κ1) is 14.2. The second-order valence-corrected chi connectivity index (χ2v) is 5.51. The topological polar surface area (TPSA) is 15.3 Å². The molecule has 1 N–H and O–H groups in total. The van der Waals surface area contributed by atoms with E-state index < -0.39 is 0 Å². The van der Waals surface area contributed by atoms with E-state index in [-0.39, 0.29) is 5.54 Å². The van der Waals surface area contributed by atoms with Gasteiger partial charge >= 0.3 is 0 Å². The van der Waals surface area contributed by atoms with Gasteiger partial charge in [0.25, 0.3) is 0 Å². The third-order valence-electron chi connectivity index (χ3n) is 3.02. The van der Waals surface area contributed by atoms with Crippen LogP contribution in [0.1, 0.15) is 31.9 Å². The van der Waals surface area contributed by atoms with Crippen LogP contribution in [0.2, 0.25) is 0 Å². The van der Waals surface area contributed by atoms with Crippen molar-refractivity contribution < 1.29 is 0 Å². The Kier molecular flexibility index (Phi) is 5.16. The summed E-state index contributed by atoms with van der Waals surface area (Å²) >= 11 is 0. The van der Waals surface area contributed by atoms with Gasteiger partial charge in [-0.05, 0) is 45.5 Å². The minimum Gasteiger partial charge on any atom is -0.311 e. The Hall–Kier alpha value is -0.860. The molecule has 0 bridgehead atoms. The van der Waals surface area contributed by atoms with Gasteiger partial charge in [0.15, 0.2) is 0 Å². The van der Waals surface area contributed by atoms with Crippen molar-refractivity contribution in [2.75, 3.05) is 20.1 Å². The van der Waals surface area contributed by atoms with Crippen LogP contribution >= 0.6 is 0 Å². The number of hydrogen-bond acceptors (Lipinski definition) is 2. The fourth-order valence-electron chi connectivity index (χ4n) is 2.34. The van der Waals surface area contributed by atoms with Gasteiger partial charge in [-0.2, -0.15) is 0 Å². The molecule has 17 heavy (non-hydrogen) atoms. The van der Waals surface area contributed by atoms with Crippen molar-refractivity contribution in [1.82, 2.24) is 10.2 Å². The third-order valence-corrected chi connectivity index (χ3v) is 3.02. The summed E-state index contributed by atoms with van der Waals surface area (Å²) < 4.78 is 0. The lowest BCUT2D eigenvalue weighted by Crippen LogP contribution is -2.47. The molecule has 0 saturated heterocycles. The second-order valence-electron chi connectivity index (χ2n) is 5.51. The first-order valence-corrected chi connectivity index (χ1v) is 6.42. The molecular weight excluding hydrogens is 208 g/mol. The lowest BCUT2D eigenvalue weighted by molar-refractivity contribution is 0.231. The van der Waals surface area contributed by atoms with Crippen molar-refractivity contribution >= 4 is 0 Å². The van der Waals surface area contributed by atoms with Crippen LogP contribution < -0.4 is 5.32 Å². The molecule has 0 aromatic heterocycles. The smallest absolute Gasteiger partial charge is 0.0252 e. The van der Waals surface area contributed by atoms with Crippen LogP contribution in [-0.4, -0.2) is 30.6 Å². The molecule has 0 spiro atoms. The largest absolute Gasteiger partial charge is 0.311 e. The Balaban J connectivity index is 2.55. The molecule has 2 heteroatoms. The minimum atomic E-state index is 0.173. The van der Waals surface area contributed by atoms with Gasteiger partial charge in [0, 0.05) is 18.6 Å². The molecule has 0 unspecified atom stereocenters. The number of benzene rings is 1. The highest BCUT2D eigenvalue weighted by Crippen LogP contribution is 2.12. The summed E-state index contributed by atoms with van der Waals surface area (Å²) in [6.07, 6.45) is 0. The average molecular weight is 234 g/mol. The van der Waals surface area contributed by atoms with Crippen molar-refractivity contribution in [3.8, 4) is 0 Å². The van der Waals surface area contributed by atoms with Crippen LogP contribution in [0.3, 0.4) is 0 Å². The number of nitrogens with zero attached hydrogens (tertiary/aromatic N) is 1. The van der Waals surface area contributed by atoms with Crippen molar-refractivity contribution in [1.29, 1.82) is 0 Å². The molecule has 0 heterocycles. The van der Waals surface area contributed by atoms with E-state index >= 15 is 0 Å². The van der Waals surface area contributed by atoms with E-state index in [0.717, 1.165) is 19.6 Å². The zero-order valence-corrected chi connectivity index (χ0v) is 11.9. The van der Waals surface area contributed by atoms with Crippen molar-refractivity contribution in [2.45, 2.75) is 39.8 Å². The first-order valence-electron chi connectivity index (χ1n) is 6.42. The van der Waals surface area contributed by atoms with Crippen molar-refractivity contribution in [3.05, 3.63) is 35.4 Å². The molecule has 0 saturated carbocycles. The van der Waals surface area contributed by atoms with Gasteiger partial charge in [0.05, 0.1) is 0 Å². The summed E-state index contributed by atoms with van der Waals surface area (Å²) in [5.41, 5.74) is 2.97. The SMILES string of the molecule is CCNC(C)(C)CN(C)Cc1ccccc1C. The highest BCUT2D eigenvalue weighted by molar-refractivity contribution is 5.25. The molecule has 0 aliphatic heterocycles. The molecule has 1 aromatic rings. The normalized spacial score (nSPS) is 12.1. The number of rotatable bonds is 6. The van der Waals surface area contributed by atoms with Crippen LogP contribution in [0.4, 0.5) is 0 Å². The third kappa shape index (κ3) is 4.88. The molecule has 0 atom stereocenters. The lowest BCUT2D eigenvalue weighted by atomic mass is 10.0. The number of aryl methyl sites for hydroxylation is 1. The Morgan fingerprint density at radius 2 is 1.88 bits per heavy atom. The van der Waals surface area contributed by atoms with Crippen LogP contribution in [0.25, 0.3) is 0 Å². The van der Waals surface area contributed by atoms with Gasteiger partial charge in [-0.1, -0.05) is 31.2 Å². The standard InChI is InChI=1S/C15H26N2/c1-6-16-15(3,4)12-17(5)11-14-10-8-7-9-13(14)2/h7-10,16H,6,11-12H2,1-5H3. The molecular formula is C15H26N2. The molecule has 1 rings (SSSR count). The first-order chi connectivity index (χ1) is 7.94. The van der Waals surface area contributed by atoms with Gasteiger partial charge in [-0.25, -0.2) is 0 Å². The van der Waals surface area contributed by atoms with Crippen molar-refractivity contribution in [2.24, 2.45) is 0 Å². The molecule has 0 fully saturated rings. The van der Waals surface area contributed by atoms with Crippen LogP contribution in [0, 0.1) is 6.92 Å². The van der Waals surface area contributed by atoms with E-state index in [1.165, 1.54) is 11.1 Å². The maximum absolute atomic E-state index is 3.51. The van der Waals surface area contributed by atoms with Gasteiger partial charge < -0.3 is 10.2 Å². The Morgan fingerprint density at radius 1 is 1.24 bits per heavy atom. The fourth-order valence-corrected chi connectivity index (χ4v) is 2.34. The monoisotopic (exact) mass is 234 g/mol. The Morgan fingerprint density at radius 3 is 2.47 bits per heavy atom. The molecule has 2 nitrogen and oxygen atoms in total. The van der Waals surface area contributed by atoms with E-state index in [9.17, 15) is 0 Å². The molecule has 0 radical (unpaired) electrons. The molecule has 1 aromatic carbocycles. The highest BCUT2D eigenvalue weighted by Gasteiger charge is 2.18. The van der Waals surface area contributed by atoms with E-state index in [0.29, 0.717) is 0 Å². The van der Waals surface area contributed by atoms with E-state index in [4.69, 9.17) is 0 Å². The second kappa shape index (κ2) is 6.18. The minimum absolute atomic E-state index is 0.173. The van der Waals surface area contributed by atoms with Gasteiger partial charge in [-0.3, -0.25) is 0 Å². The molecule has 0 amide bonds. The summed E-state index contributed by atoms with van der Waals surface area (Å²) in [6, 6.07) is 8.61. The van der Waals surface area contributed by atoms with Gasteiger partial charge in [0.1, 0.15) is 0 Å². The van der Waals surface area contributed by atoms with Gasteiger partial charge in [0.2, 0.25) is 0 Å². The predicted molar refractivity (Wildman–Crippen MR) is 75.3 cm³/mol. The maximum Gasteiger partial charge on any atom is 0.0252 e. The summed E-state index contributed by atoms with van der Waals surface area (Å²) in [7, 11) is 2.19. The molecule has 0 aliphatic rings.